The van der Waals surface area contributed by atoms with Gasteiger partial charge >= 0.3 is 0 Å². The van der Waals surface area contributed by atoms with E-state index in [1.165, 1.54) is 25.7 Å². The van der Waals surface area contributed by atoms with Gasteiger partial charge in [0, 0.05) is 17.2 Å². The molecule has 0 atom stereocenters. The monoisotopic (exact) mass is 243 g/mol. The molecule has 3 rings (SSSR count). The number of benzene rings is 1. The van der Waals surface area contributed by atoms with E-state index in [1.807, 2.05) is 25.1 Å². The second-order valence-electron chi connectivity index (χ2n) is 4.96. The highest BCUT2D eigenvalue weighted by molar-refractivity contribution is 5.66. The summed E-state index contributed by atoms with van der Waals surface area (Å²) in [6, 6.07) is 5.77. The van der Waals surface area contributed by atoms with E-state index in [0.717, 1.165) is 22.6 Å². The van der Waals surface area contributed by atoms with Crippen LogP contribution in [0.5, 0.6) is 0 Å². The number of nitrogens with zero attached hydrogens (tertiary/aromatic N) is 2. The Kier molecular flexibility index (Phi) is 2.78. The number of aromatic nitrogens is 2. The number of nitrogens with two attached hydrogens (primary N) is 1. The molecule has 94 valence electrons. The molecule has 0 bridgehead atoms. The Morgan fingerprint density at radius 3 is 2.83 bits per heavy atom. The van der Waals surface area contributed by atoms with Gasteiger partial charge in [-0.1, -0.05) is 24.1 Å². The molecule has 0 spiro atoms. The number of nitrogen functional groups attached to an aromatic ring is 1. The van der Waals surface area contributed by atoms with Crippen LogP contribution in [0.3, 0.4) is 0 Å². The summed E-state index contributed by atoms with van der Waals surface area (Å²) in [4.78, 5) is 4.53. The molecule has 1 fully saturated rings. The maximum atomic E-state index is 5.90. The summed E-state index contributed by atoms with van der Waals surface area (Å²) in [5.74, 6) is 1.91. The van der Waals surface area contributed by atoms with Crippen LogP contribution in [-0.2, 0) is 0 Å². The lowest BCUT2D eigenvalue weighted by molar-refractivity contribution is 0.415. The SMILES string of the molecule is Cc1c(N)cccc1-c1nc(C2CCCC2)no1. The van der Waals surface area contributed by atoms with Crippen LogP contribution in [0.25, 0.3) is 11.5 Å². The van der Waals surface area contributed by atoms with E-state index in [0.29, 0.717) is 11.8 Å². The average Bonchev–Trinajstić information content (AvgIpc) is 3.01. The van der Waals surface area contributed by atoms with Crippen molar-refractivity contribution in [2.24, 2.45) is 0 Å². The second-order valence-corrected chi connectivity index (χ2v) is 4.96. The first-order valence-corrected chi connectivity index (χ1v) is 6.45. The lowest BCUT2D eigenvalue weighted by atomic mass is 10.1. The fourth-order valence-corrected chi connectivity index (χ4v) is 2.58. The van der Waals surface area contributed by atoms with Crippen molar-refractivity contribution < 1.29 is 4.52 Å². The molecule has 0 unspecified atom stereocenters. The standard InChI is InChI=1S/C14H17N3O/c1-9-11(7-4-8-12(9)15)14-16-13(17-18-14)10-5-2-3-6-10/h4,7-8,10H,2-3,5-6,15H2,1H3. The van der Waals surface area contributed by atoms with Gasteiger partial charge in [-0.05, 0) is 37.5 Å². The Bertz CT molecular complexity index is 556. The van der Waals surface area contributed by atoms with Crippen molar-refractivity contribution in [3.05, 3.63) is 29.6 Å². The van der Waals surface area contributed by atoms with Gasteiger partial charge in [-0.25, -0.2) is 0 Å². The minimum atomic E-state index is 0.476. The number of hydrogen-bond donors (Lipinski definition) is 1. The predicted octanol–water partition coefficient (Wildman–Crippen LogP) is 3.28. The third kappa shape index (κ3) is 1.88. The van der Waals surface area contributed by atoms with Crippen LogP contribution in [0.1, 0.15) is 43.0 Å². The zero-order valence-electron chi connectivity index (χ0n) is 10.5. The van der Waals surface area contributed by atoms with Gasteiger partial charge in [-0.15, -0.1) is 0 Å². The molecule has 1 heterocycles. The van der Waals surface area contributed by atoms with Crippen LogP contribution in [0.4, 0.5) is 5.69 Å². The van der Waals surface area contributed by atoms with E-state index in [1.54, 1.807) is 0 Å². The van der Waals surface area contributed by atoms with E-state index in [4.69, 9.17) is 10.3 Å². The normalized spacial score (nSPS) is 16.3. The van der Waals surface area contributed by atoms with Crippen LogP contribution in [0.15, 0.2) is 22.7 Å². The van der Waals surface area contributed by atoms with Crippen molar-refractivity contribution in [3.8, 4) is 11.5 Å². The molecule has 2 N–H and O–H groups in total. The summed E-state index contributed by atoms with van der Waals surface area (Å²) in [7, 11) is 0. The molecule has 1 aromatic heterocycles. The fraction of sp³-hybridized carbons (Fsp3) is 0.429. The second kappa shape index (κ2) is 4.44. The van der Waals surface area contributed by atoms with Crippen molar-refractivity contribution in [2.75, 3.05) is 5.73 Å². The number of anilines is 1. The minimum Gasteiger partial charge on any atom is -0.398 e. The van der Waals surface area contributed by atoms with Gasteiger partial charge in [0.25, 0.3) is 5.89 Å². The van der Waals surface area contributed by atoms with Gasteiger partial charge in [-0.3, -0.25) is 0 Å². The molecule has 1 aromatic carbocycles. The molecule has 2 aromatic rings. The summed E-state index contributed by atoms with van der Waals surface area (Å²) in [6.07, 6.45) is 4.89. The van der Waals surface area contributed by atoms with Gasteiger partial charge in [0.2, 0.25) is 0 Å². The lowest BCUT2D eigenvalue weighted by Gasteiger charge is -2.03. The highest BCUT2D eigenvalue weighted by Gasteiger charge is 2.23. The third-order valence-corrected chi connectivity index (χ3v) is 3.77. The third-order valence-electron chi connectivity index (χ3n) is 3.77. The Hall–Kier alpha value is -1.84. The van der Waals surface area contributed by atoms with Gasteiger partial charge < -0.3 is 10.3 Å². The van der Waals surface area contributed by atoms with Crippen LogP contribution < -0.4 is 5.73 Å². The van der Waals surface area contributed by atoms with Crippen LogP contribution in [-0.4, -0.2) is 10.1 Å². The van der Waals surface area contributed by atoms with Gasteiger partial charge in [0.15, 0.2) is 5.82 Å². The molecular weight excluding hydrogens is 226 g/mol. The Morgan fingerprint density at radius 2 is 2.06 bits per heavy atom. The molecule has 1 aliphatic rings. The molecule has 0 saturated heterocycles. The molecule has 0 radical (unpaired) electrons. The summed E-state index contributed by atoms with van der Waals surface area (Å²) in [5.41, 5.74) is 8.59. The maximum absolute atomic E-state index is 5.90. The topological polar surface area (TPSA) is 64.9 Å². The molecule has 1 aliphatic carbocycles. The molecule has 0 amide bonds. The number of rotatable bonds is 2. The number of hydrogen-bond acceptors (Lipinski definition) is 4. The summed E-state index contributed by atoms with van der Waals surface area (Å²) >= 11 is 0. The molecule has 1 saturated carbocycles. The fourth-order valence-electron chi connectivity index (χ4n) is 2.58. The van der Waals surface area contributed by atoms with Crippen molar-refractivity contribution in [2.45, 2.75) is 38.5 Å². The summed E-state index contributed by atoms with van der Waals surface area (Å²) in [6.45, 7) is 1.98. The van der Waals surface area contributed by atoms with Crippen molar-refractivity contribution in [1.82, 2.24) is 10.1 Å². The van der Waals surface area contributed by atoms with E-state index in [9.17, 15) is 0 Å². The largest absolute Gasteiger partial charge is 0.398 e. The maximum Gasteiger partial charge on any atom is 0.258 e. The molecular formula is C14H17N3O. The van der Waals surface area contributed by atoms with Crippen molar-refractivity contribution in [3.63, 3.8) is 0 Å². The van der Waals surface area contributed by atoms with E-state index < -0.39 is 0 Å². The minimum absolute atomic E-state index is 0.476. The summed E-state index contributed by atoms with van der Waals surface area (Å²) < 4.78 is 5.38. The molecule has 0 aliphatic heterocycles. The molecule has 4 nitrogen and oxygen atoms in total. The highest BCUT2D eigenvalue weighted by atomic mass is 16.5. The van der Waals surface area contributed by atoms with Gasteiger partial charge in [0.1, 0.15) is 0 Å². The van der Waals surface area contributed by atoms with Gasteiger partial charge in [0.05, 0.1) is 0 Å². The van der Waals surface area contributed by atoms with Crippen LogP contribution in [0.2, 0.25) is 0 Å². The van der Waals surface area contributed by atoms with E-state index in [2.05, 4.69) is 10.1 Å². The van der Waals surface area contributed by atoms with Crippen molar-refractivity contribution in [1.29, 1.82) is 0 Å². The smallest absolute Gasteiger partial charge is 0.258 e. The van der Waals surface area contributed by atoms with Crippen molar-refractivity contribution >= 4 is 5.69 Å². The quantitative estimate of drug-likeness (QED) is 0.822. The summed E-state index contributed by atoms with van der Waals surface area (Å²) in [5, 5.41) is 4.12. The Labute approximate surface area is 106 Å². The predicted molar refractivity (Wildman–Crippen MR) is 70.1 cm³/mol. The first kappa shape index (κ1) is 11.3. The average molecular weight is 243 g/mol. The molecule has 18 heavy (non-hydrogen) atoms. The first-order chi connectivity index (χ1) is 8.75. The molecule has 4 heteroatoms. The van der Waals surface area contributed by atoms with Crippen LogP contribution >= 0.6 is 0 Å². The highest BCUT2D eigenvalue weighted by Crippen LogP contribution is 2.34. The van der Waals surface area contributed by atoms with E-state index in [-0.39, 0.29) is 0 Å². The Balaban J connectivity index is 1.95. The van der Waals surface area contributed by atoms with Gasteiger partial charge in [-0.2, -0.15) is 4.98 Å². The van der Waals surface area contributed by atoms with E-state index >= 15 is 0 Å². The first-order valence-electron chi connectivity index (χ1n) is 6.45. The zero-order chi connectivity index (χ0) is 12.5. The Morgan fingerprint density at radius 1 is 1.28 bits per heavy atom. The lowest BCUT2D eigenvalue weighted by Crippen LogP contribution is -1.95. The van der Waals surface area contributed by atoms with Crippen LogP contribution in [0, 0.1) is 6.92 Å². The zero-order valence-corrected chi connectivity index (χ0v) is 10.5.